The number of thiazole rings is 1. The lowest BCUT2D eigenvalue weighted by molar-refractivity contribution is -0.384. The summed E-state index contributed by atoms with van der Waals surface area (Å²) in [6, 6.07) is 8.46. The summed E-state index contributed by atoms with van der Waals surface area (Å²) in [6.45, 7) is 8.67. The van der Waals surface area contributed by atoms with Crippen LogP contribution in [0.3, 0.4) is 0 Å². The molecule has 1 amide bonds. The van der Waals surface area contributed by atoms with Gasteiger partial charge in [0.1, 0.15) is 5.52 Å². The minimum absolute atomic E-state index is 0.116. The van der Waals surface area contributed by atoms with E-state index in [1.807, 2.05) is 27.7 Å². The van der Waals surface area contributed by atoms with E-state index in [0.717, 1.165) is 11.3 Å². The standard InChI is InChI=1S/C24H30N4O6S2/c1-15(2)13-27(14-16(3)4)36(32,33)19-9-7-17(8-10-19)23(29)25-24-26(5)22-20(34-6)11-18(28(30)31)12-21(22)35-24/h7-12,15-16H,13-14H2,1-6H3. The van der Waals surface area contributed by atoms with E-state index in [4.69, 9.17) is 4.74 Å². The fraction of sp³-hybridized carbons (Fsp3) is 0.417. The Bertz CT molecular complexity index is 1440. The molecule has 3 aromatic rings. The van der Waals surface area contributed by atoms with Crippen LogP contribution < -0.4 is 9.54 Å². The number of benzene rings is 2. The van der Waals surface area contributed by atoms with Crippen molar-refractivity contribution in [3.8, 4) is 5.75 Å². The van der Waals surface area contributed by atoms with Crippen LogP contribution in [0.2, 0.25) is 0 Å². The maximum atomic E-state index is 13.2. The van der Waals surface area contributed by atoms with E-state index < -0.39 is 20.9 Å². The number of nitro benzene ring substituents is 1. The molecule has 0 spiro atoms. The number of nitro groups is 1. The number of methoxy groups -OCH3 is 1. The predicted octanol–water partition coefficient (Wildman–Crippen LogP) is 4.20. The monoisotopic (exact) mass is 534 g/mol. The molecule has 194 valence electrons. The Morgan fingerprint density at radius 3 is 2.22 bits per heavy atom. The Kier molecular flexibility index (Phi) is 8.32. The molecule has 0 fully saturated rings. The Morgan fingerprint density at radius 1 is 1.14 bits per heavy atom. The van der Waals surface area contributed by atoms with Crippen molar-refractivity contribution in [1.29, 1.82) is 0 Å². The van der Waals surface area contributed by atoms with Crippen molar-refractivity contribution in [2.75, 3.05) is 20.2 Å². The number of aryl methyl sites for hydroxylation is 1. The van der Waals surface area contributed by atoms with Crippen molar-refractivity contribution in [3.05, 3.63) is 56.9 Å². The smallest absolute Gasteiger partial charge is 0.279 e. The molecule has 0 saturated heterocycles. The first kappa shape index (κ1) is 27.5. The lowest BCUT2D eigenvalue weighted by atomic mass is 10.2. The summed E-state index contributed by atoms with van der Waals surface area (Å²) in [4.78, 5) is 28.2. The van der Waals surface area contributed by atoms with E-state index in [9.17, 15) is 23.3 Å². The van der Waals surface area contributed by atoms with Crippen LogP contribution >= 0.6 is 11.3 Å². The van der Waals surface area contributed by atoms with Gasteiger partial charge in [-0.2, -0.15) is 9.30 Å². The van der Waals surface area contributed by atoms with E-state index >= 15 is 0 Å². The number of nitrogens with zero attached hydrogens (tertiary/aromatic N) is 4. The number of fused-ring (bicyclic) bond motifs is 1. The molecule has 3 rings (SSSR count). The Labute approximate surface area is 214 Å². The first-order valence-corrected chi connectivity index (χ1v) is 13.6. The molecule has 0 radical (unpaired) electrons. The van der Waals surface area contributed by atoms with Crippen LogP contribution in [-0.2, 0) is 17.1 Å². The molecule has 1 heterocycles. The van der Waals surface area contributed by atoms with Gasteiger partial charge in [0, 0.05) is 31.8 Å². The molecule has 0 aliphatic carbocycles. The molecular weight excluding hydrogens is 504 g/mol. The maximum Gasteiger partial charge on any atom is 0.279 e. The van der Waals surface area contributed by atoms with Crippen LogP contribution in [0, 0.1) is 22.0 Å². The van der Waals surface area contributed by atoms with E-state index in [2.05, 4.69) is 4.99 Å². The van der Waals surface area contributed by atoms with Crippen molar-refractivity contribution in [2.24, 2.45) is 23.9 Å². The summed E-state index contributed by atoms with van der Waals surface area (Å²) in [5.41, 5.74) is 0.681. The zero-order valence-electron chi connectivity index (χ0n) is 21.1. The van der Waals surface area contributed by atoms with Crippen LogP contribution in [0.4, 0.5) is 5.69 Å². The maximum absolute atomic E-state index is 13.2. The molecule has 0 unspecified atom stereocenters. The first-order chi connectivity index (χ1) is 16.8. The van der Waals surface area contributed by atoms with E-state index in [-0.39, 0.29) is 28.0 Å². The number of hydrogen-bond donors (Lipinski definition) is 0. The number of carbonyl (C=O) groups is 1. The molecule has 2 aromatic carbocycles. The highest BCUT2D eigenvalue weighted by Gasteiger charge is 2.26. The zero-order chi connectivity index (χ0) is 26.8. The number of carbonyl (C=O) groups excluding carboxylic acids is 1. The second-order valence-corrected chi connectivity index (χ2v) is 12.2. The molecule has 36 heavy (non-hydrogen) atoms. The third-order valence-electron chi connectivity index (χ3n) is 5.35. The highest BCUT2D eigenvalue weighted by Crippen LogP contribution is 2.32. The van der Waals surface area contributed by atoms with Gasteiger partial charge in [-0.05, 0) is 36.1 Å². The Hall–Kier alpha value is -3.09. The van der Waals surface area contributed by atoms with E-state index in [1.54, 1.807) is 11.6 Å². The summed E-state index contributed by atoms with van der Waals surface area (Å²) in [5.74, 6) is 0.0742. The average Bonchev–Trinajstić information content (AvgIpc) is 3.12. The molecule has 12 heteroatoms. The van der Waals surface area contributed by atoms with Crippen LogP contribution in [0.5, 0.6) is 5.75 Å². The number of hydrogen-bond acceptors (Lipinski definition) is 7. The van der Waals surface area contributed by atoms with Gasteiger partial charge in [0.2, 0.25) is 10.0 Å². The van der Waals surface area contributed by atoms with Crippen molar-refractivity contribution in [1.82, 2.24) is 8.87 Å². The van der Waals surface area contributed by atoms with Gasteiger partial charge in [0.15, 0.2) is 10.6 Å². The minimum atomic E-state index is -3.71. The molecule has 0 saturated carbocycles. The molecule has 1 aromatic heterocycles. The number of aromatic nitrogens is 1. The summed E-state index contributed by atoms with van der Waals surface area (Å²) in [6.07, 6.45) is 0. The summed E-state index contributed by atoms with van der Waals surface area (Å²) >= 11 is 1.12. The van der Waals surface area contributed by atoms with Crippen LogP contribution in [0.15, 0.2) is 46.3 Å². The Balaban J connectivity index is 1.96. The Morgan fingerprint density at radius 2 is 1.72 bits per heavy atom. The minimum Gasteiger partial charge on any atom is -0.494 e. The van der Waals surface area contributed by atoms with Crippen LogP contribution in [0.25, 0.3) is 10.2 Å². The fourth-order valence-electron chi connectivity index (χ4n) is 3.75. The van der Waals surface area contributed by atoms with Gasteiger partial charge in [-0.3, -0.25) is 14.9 Å². The summed E-state index contributed by atoms with van der Waals surface area (Å²) in [7, 11) is -0.614. The van der Waals surface area contributed by atoms with Crippen molar-refractivity contribution < 1.29 is 22.9 Å². The number of sulfonamides is 1. The van der Waals surface area contributed by atoms with Crippen molar-refractivity contribution >= 4 is 43.2 Å². The molecular formula is C24H30N4O6S2. The lowest BCUT2D eigenvalue weighted by Gasteiger charge is -2.25. The third-order valence-corrected chi connectivity index (χ3v) is 8.28. The molecule has 0 aliphatic heterocycles. The van der Waals surface area contributed by atoms with Crippen LogP contribution in [-0.4, -0.2) is 48.3 Å². The second-order valence-electron chi connectivity index (χ2n) is 9.25. The summed E-state index contributed by atoms with van der Waals surface area (Å²) < 4.78 is 35.4. The normalized spacial score (nSPS) is 12.8. The molecule has 0 aliphatic rings. The summed E-state index contributed by atoms with van der Waals surface area (Å²) in [5, 5.41) is 11.2. The molecule has 0 bridgehead atoms. The second kappa shape index (κ2) is 10.9. The van der Waals surface area contributed by atoms with E-state index in [1.165, 1.54) is 47.8 Å². The highest BCUT2D eigenvalue weighted by atomic mass is 32.2. The highest BCUT2D eigenvalue weighted by molar-refractivity contribution is 7.89. The SMILES string of the molecule is COc1cc([N+](=O)[O-])cc2sc(=NC(=O)c3ccc(S(=O)(=O)N(CC(C)C)CC(C)C)cc3)n(C)c12. The van der Waals surface area contributed by atoms with Crippen molar-refractivity contribution in [2.45, 2.75) is 32.6 Å². The van der Waals surface area contributed by atoms with Gasteiger partial charge in [-0.15, -0.1) is 0 Å². The van der Waals surface area contributed by atoms with Crippen LogP contribution in [0.1, 0.15) is 38.1 Å². The van der Waals surface area contributed by atoms with Gasteiger partial charge in [0.25, 0.3) is 11.6 Å². The topological polar surface area (TPSA) is 124 Å². The number of non-ortho nitro benzene ring substituents is 1. The molecule has 0 atom stereocenters. The predicted molar refractivity (Wildman–Crippen MR) is 139 cm³/mol. The van der Waals surface area contributed by atoms with E-state index in [0.29, 0.717) is 33.9 Å². The van der Waals surface area contributed by atoms with Gasteiger partial charge in [-0.25, -0.2) is 8.42 Å². The molecule has 10 nitrogen and oxygen atoms in total. The largest absolute Gasteiger partial charge is 0.494 e. The van der Waals surface area contributed by atoms with Crippen molar-refractivity contribution in [3.63, 3.8) is 0 Å². The average molecular weight is 535 g/mol. The number of rotatable bonds is 9. The number of ether oxygens (including phenoxy) is 1. The fourth-order valence-corrected chi connectivity index (χ4v) is 6.59. The number of amides is 1. The first-order valence-electron chi connectivity index (χ1n) is 11.4. The van der Waals surface area contributed by atoms with Gasteiger partial charge in [0.05, 0.1) is 27.7 Å². The van der Waals surface area contributed by atoms with Gasteiger partial charge in [-0.1, -0.05) is 39.0 Å². The van der Waals surface area contributed by atoms with Gasteiger partial charge < -0.3 is 9.30 Å². The lowest BCUT2D eigenvalue weighted by Crippen LogP contribution is -2.37. The third kappa shape index (κ3) is 5.82. The molecule has 0 N–H and O–H groups in total. The zero-order valence-corrected chi connectivity index (χ0v) is 22.7. The van der Waals surface area contributed by atoms with Gasteiger partial charge >= 0.3 is 0 Å². The quantitative estimate of drug-likeness (QED) is 0.299.